The lowest BCUT2D eigenvalue weighted by Gasteiger charge is -2.06. The van der Waals surface area contributed by atoms with E-state index < -0.39 is 11.9 Å². The van der Waals surface area contributed by atoms with Crippen molar-refractivity contribution >= 4 is 33.9 Å². The molecule has 1 aromatic rings. The summed E-state index contributed by atoms with van der Waals surface area (Å²) in [5, 5.41) is 4.57. The van der Waals surface area contributed by atoms with Crippen LogP contribution in [-0.2, 0) is 4.79 Å². The van der Waals surface area contributed by atoms with Crippen molar-refractivity contribution in [1.29, 1.82) is 0 Å². The fraction of sp³-hybridized carbons (Fsp3) is 0.167. The third-order valence-corrected chi connectivity index (χ3v) is 2.91. The number of rotatable bonds is 3. The maximum atomic E-state index is 11.3. The molecule has 0 unspecified atom stereocenters. The van der Waals surface area contributed by atoms with Gasteiger partial charge in [0.15, 0.2) is 0 Å². The van der Waals surface area contributed by atoms with Gasteiger partial charge >= 0.3 is 6.03 Å². The molecule has 1 aromatic carbocycles. The van der Waals surface area contributed by atoms with E-state index >= 15 is 0 Å². The van der Waals surface area contributed by atoms with Crippen molar-refractivity contribution in [3.05, 3.63) is 33.9 Å². The van der Waals surface area contributed by atoms with Gasteiger partial charge in [0.05, 0.1) is 11.1 Å². The summed E-state index contributed by atoms with van der Waals surface area (Å²) in [6.07, 6.45) is 1.60. The Morgan fingerprint density at radius 1 is 1.33 bits per heavy atom. The van der Waals surface area contributed by atoms with Crippen LogP contribution >= 0.6 is 15.9 Å². The quantitative estimate of drug-likeness (QED) is 0.663. The summed E-state index contributed by atoms with van der Waals surface area (Å²) in [7, 11) is 0. The largest absolute Gasteiger partial charge is 0.493 e. The van der Waals surface area contributed by atoms with E-state index in [4.69, 9.17) is 4.74 Å². The van der Waals surface area contributed by atoms with Gasteiger partial charge in [-0.05, 0) is 46.6 Å². The number of hydrogen-bond donors (Lipinski definition) is 2. The van der Waals surface area contributed by atoms with Gasteiger partial charge in [0, 0.05) is 0 Å². The third kappa shape index (κ3) is 2.70. The van der Waals surface area contributed by atoms with Crippen LogP contribution < -0.4 is 15.4 Å². The number of amides is 3. The summed E-state index contributed by atoms with van der Waals surface area (Å²) >= 11 is 3.38. The molecule has 1 aliphatic heterocycles. The predicted molar refractivity (Wildman–Crippen MR) is 70.0 cm³/mol. The van der Waals surface area contributed by atoms with E-state index in [0.29, 0.717) is 6.61 Å². The highest BCUT2D eigenvalue weighted by atomic mass is 79.9. The summed E-state index contributed by atoms with van der Waals surface area (Å²) < 4.78 is 6.18. The SMILES string of the molecule is CCOc1ccc(/C=C2/NC(=O)NC2=O)cc1Br. The first-order valence-electron chi connectivity index (χ1n) is 5.36. The molecule has 0 saturated carbocycles. The molecule has 6 heteroatoms. The highest BCUT2D eigenvalue weighted by Crippen LogP contribution is 2.26. The van der Waals surface area contributed by atoms with Crippen molar-refractivity contribution in [2.45, 2.75) is 6.92 Å². The summed E-state index contributed by atoms with van der Waals surface area (Å²) in [5.74, 6) is 0.310. The molecule has 5 nitrogen and oxygen atoms in total. The van der Waals surface area contributed by atoms with Crippen LogP contribution in [0.3, 0.4) is 0 Å². The molecule has 1 saturated heterocycles. The molecule has 0 aliphatic carbocycles. The minimum Gasteiger partial charge on any atom is -0.493 e. The molecule has 0 spiro atoms. The van der Waals surface area contributed by atoms with Crippen molar-refractivity contribution in [3.63, 3.8) is 0 Å². The van der Waals surface area contributed by atoms with Crippen LogP contribution in [0, 0.1) is 0 Å². The average molecular weight is 311 g/mol. The molecule has 0 aromatic heterocycles. The molecular formula is C12H11BrN2O3. The normalized spacial score (nSPS) is 16.7. The van der Waals surface area contributed by atoms with Gasteiger partial charge in [-0.2, -0.15) is 0 Å². The first-order valence-corrected chi connectivity index (χ1v) is 6.16. The summed E-state index contributed by atoms with van der Waals surface area (Å²) in [6, 6.07) is 4.92. The second-order valence-electron chi connectivity index (χ2n) is 3.59. The van der Waals surface area contributed by atoms with Crippen LogP contribution in [0.2, 0.25) is 0 Å². The maximum Gasteiger partial charge on any atom is 0.326 e. The molecule has 0 radical (unpaired) electrons. The highest BCUT2D eigenvalue weighted by molar-refractivity contribution is 9.10. The zero-order valence-corrected chi connectivity index (χ0v) is 11.2. The number of carbonyl (C=O) groups excluding carboxylic acids is 2. The van der Waals surface area contributed by atoms with Gasteiger partial charge in [-0.15, -0.1) is 0 Å². The van der Waals surface area contributed by atoms with E-state index in [9.17, 15) is 9.59 Å². The van der Waals surface area contributed by atoms with E-state index in [0.717, 1.165) is 15.8 Å². The Bertz CT molecular complexity index is 540. The van der Waals surface area contributed by atoms with E-state index in [2.05, 4.69) is 26.6 Å². The van der Waals surface area contributed by atoms with E-state index in [1.807, 2.05) is 13.0 Å². The van der Waals surface area contributed by atoms with E-state index in [1.165, 1.54) is 0 Å². The Morgan fingerprint density at radius 3 is 2.67 bits per heavy atom. The molecule has 0 bridgehead atoms. The van der Waals surface area contributed by atoms with Gasteiger partial charge < -0.3 is 10.1 Å². The molecule has 1 heterocycles. The monoisotopic (exact) mass is 310 g/mol. The van der Waals surface area contributed by atoms with Gasteiger partial charge in [-0.1, -0.05) is 6.07 Å². The molecule has 1 fully saturated rings. The number of hydrogen-bond acceptors (Lipinski definition) is 3. The number of benzene rings is 1. The fourth-order valence-electron chi connectivity index (χ4n) is 1.53. The van der Waals surface area contributed by atoms with Crippen LogP contribution in [0.1, 0.15) is 12.5 Å². The second kappa shape index (κ2) is 5.22. The molecule has 18 heavy (non-hydrogen) atoms. The zero-order valence-electron chi connectivity index (χ0n) is 9.62. The first kappa shape index (κ1) is 12.6. The average Bonchev–Trinajstić information content (AvgIpc) is 2.61. The molecular weight excluding hydrogens is 300 g/mol. The third-order valence-electron chi connectivity index (χ3n) is 2.29. The number of nitrogens with one attached hydrogen (secondary N) is 2. The number of imide groups is 1. The van der Waals surface area contributed by atoms with Gasteiger partial charge in [0.2, 0.25) is 0 Å². The highest BCUT2D eigenvalue weighted by Gasteiger charge is 2.22. The van der Waals surface area contributed by atoms with Gasteiger partial charge in [0.1, 0.15) is 11.4 Å². The summed E-state index contributed by atoms with van der Waals surface area (Å²) in [4.78, 5) is 22.3. The van der Waals surface area contributed by atoms with Crippen LogP contribution in [0.25, 0.3) is 6.08 Å². The molecule has 94 valence electrons. The Labute approximate surface area is 112 Å². The molecule has 0 atom stereocenters. The first-order chi connectivity index (χ1) is 8.60. The Kier molecular flexibility index (Phi) is 3.66. The number of carbonyl (C=O) groups is 2. The maximum absolute atomic E-state index is 11.3. The topological polar surface area (TPSA) is 67.4 Å². The van der Waals surface area contributed by atoms with E-state index in [-0.39, 0.29) is 5.70 Å². The van der Waals surface area contributed by atoms with Crippen molar-refractivity contribution in [1.82, 2.24) is 10.6 Å². The number of halogens is 1. The molecule has 3 amide bonds. The Balaban J connectivity index is 2.25. The lowest BCUT2D eigenvalue weighted by atomic mass is 10.2. The standard InChI is InChI=1S/C12H11BrN2O3/c1-2-18-10-4-3-7(5-8(10)13)6-9-11(16)15-12(17)14-9/h3-6H,2H2,1H3,(H2,14,15,16,17)/b9-6+. The van der Waals surface area contributed by atoms with Crippen molar-refractivity contribution in [3.8, 4) is 5.75 Å². The minimum absolute atomic E-state index is 0.232. The zero-order chi connectivity index (χ0) is 13.1. The summed E-state index contributed by atoms with van der Waals surface area (Å²) in [6.45, 7) is 2.48. The summed E-state index contributed by atoms with van der Waals surface area (Å²) in [5.41, 5.74) is 1.02. The van der Waals surface area contributed by atoms with Gasteiger partial charge in [0.25, 0.3) is 5.91 Å². The van der Waals surface area contributed by atoms with Gasteiger partial charge in [-0.3, -0.25) is 10.1 Å². The van der Waals surface area contributed by atoms with Crippen molar-refractivity contribution < 1.29 is 14.3 Å². The predicted octanol–water partition coefficient (Wildman–Crippen LogP) is 2.03. The van der Waals surface area contributed by atoms with Crippen molar-refractivity contribution in [2.75, 3.05) is 6.61 Å². The van der Waals surface area contributed by atoms with Gasteiger partial charge in [-0.25, -0.2) is 4.79 Å². The van der Waals surface area contributed by atoms with Crippen LogP contribution in [-0.4, -0.2) is 18.5 Å². The molecule has 2 rings (SSSR count). The Hall–Kier alpha value is -1.82. The number of ether oxygens (including phenoxy) is 1. The fourth-order valence-corrected chi connectivity index (χ4v) is 2.04. The minimum atomic E-state index is -0.503. The molecule has 1 aliphatic rings. The smallest absolute Gasteiger partial charge is 0.326 e. The van der Waals surface area contributed by atoms with Crippen molar-refractivity contribution in [2.24, 2.45) is 0 Å². The molecule has 2 N–H and O–H groups in total. The lowest BCUT2D eigenvalue weighted by Crippen LogP contribution is -2.22. The Morgan fingerprint density at radius 2 is 2.11 bits per heavy atom. The van der Waals surface area contributed by atoms with Crippen LogP contribution in [0.5, 0.6) is 5.75 Å². The van der Waals surface area contributed by atoms with E-state index in [1.54, 1.807) is 18.2 Å². The second-order valence-corrected chi connectivity index (χ2v) is 4.44. The van der Waals surface area contributed by atoms with Crippen LogP contribution in [0.4, 0.5) is 4.79 Å². The number of urea groups is 1. The van der Waals surface area contributed by atoms with Crippen LogP contribution in [0.15, 0.2) is 28.4 Å². The lowest BCUT2D eigenvalue weighted by molar-refractivity contribution is -0.115.